The van der Waals surface area contributed by atoms with Crippen LogP contribution >= 0.6 is 0 Å². The molecular formula is C26H40N4O. The van der Waals surface area contributed by atoms with Gasteiger partial charge in [-0.25, -0.2) is 0 Å². The van der Waals surface area contributed by atoms with Crippen LogP contribution in [0.5, 0.6) is 5.75 Å². The van der Waals surface area contributed by atoms with E-state index in [1.807, 2.05) is 18.2 Å². The van der Waals surface area contributed by atoms with E-state index in [1.54, 1.807) is 0 Å². The summed E-state index contributed by atoms with van der Waals surface area (Å²) in [7, 11) is 2.08. The summed E-state index contributed by atoms with van der Waals surface area (Å²) in [5.41, 5.74) is 3.65. The third-order valence-electron chi connectivity index (χ3n) is 6.67. The molecule has 3 rings (SSSR count). The Morgan fingerprint density at radius 1 is 1.26 bits per heavy atom. The highest BCUT2D eigenvalue weighted by atomic mass is 16.3. The van der Waals surface area contributed by atoms with Crippen LogP contribution in [0.3, 0.4) is 0 Å². The van der Waals surface area contributed by atoms with Crippen molar-refractivity contribution in [2.45, 2.75) is 89.8 Å². The smallest absolute Gasteiger partial charge is 0.147 e. The third kappa shape index (κ3) is 5.70. The highest BCUT2D eigenvalue weighted by Crippen LogP contribution is 2.34. The minimum absolute atomic E-state index is 0.0491. The Morgan fingerprint density at radius 2 is 1.94 bits per heavy atom. The molecule has 1 aromatic carbocycles. The van der Waals surface area contributed by atoms with E-state index in [4.69, 9.17) is 5.84 Å². The Morgan fingerprint density at radius 3 is 2.52 bits per heavy atom. The number of nitrogens with two attached hydrogens (primary N) is 1. The number of allylic oxidation sites excluding steroid dienone is 3. The van der Waals surface area contributed by atoms with Gasteiger partial charge in [-0.1, -0.05) is 25.1 Å². The van der Waals surface area contributed by atoms with Gasteiger partial charge in [0.25, 0.3) is 0 Å². The van der Waals surface area contributed by atoms with Crippen molar-refractivity contribution in [3.8, 4) is 5.75 Å². The number of aromatic hydroxyl groups is 1. The van der Waals surface area contributed by atoms with E-state index < -0.39 is 0 Å². The highest BCUT2D eigenvalue weighted by Gasteiger charge is 2.39. The van der Waals surface area contributed by atoms with E-state index in [9.17, 15) is 5.11 Å². The molecule has 1 fully saturated rings. The summed E-state index contributed by atoms with van der Waals surface area (Å²) in [6.45, 7) is 11.1. The molecule has 0 bridgehead atoms. The van der Waals surface area contributed by atoms with Gasteiger partial charge in [-0.2, -0.15) is 5.10 Å². The Kier molecular flexibility index (Phi) is 6.85. The zero-order valence-corrected chi connectivity index (χ0v) is 20.1. The molecule has 1 atom stereocenters. The largest absolute Gasteiger partial charge is 0.508 e. The monoisotopic (exact) mass is 424 g/mol. The number of phenols is 1. The van der Waals surface area contributed by atoms with Crippen molar-refractivity contribution >= 4 is 11.4 Å². The molecule has 1 aromatic rings. The minimum Gasteiger partial charge on any atom is -0.508 e. The molecule has 1 aliphatic heterocycles. The molecule has 0 saturated carbocycles. The average molecular weight is 425 g/mol. The SMILES string of the molecule is CC(/C=C\C(=N/N)N(C)C1CC(C)(C)NC(C)(C)C1)c1cc(C2=CCCC2)ccc1O. The van der Waals surface area contributed by atoms with Crippen LogP contribution in [-0.2, 0) is 0 Å². The third-order valence-corrected chi connectivity index (χ3v) is 6.67. The summed E-state index contributed by atoms with van der Waals surface area (Å²) in [4.78, 5) is 2.20. The second kappa shape index (κ2) is 9.07. The van der Waals surface area contributed by atoms with E-state index in [-0.39, 0.29) is 17.0 Å². The van der Waals surface area contributed by atoms with Crippen molar-refractivity contribution in [1.82, 2.24) is 10.2 Å². The fraction of sp³-hybridized carbons (Fsp3) is 0.577. The van der Waals surface area contributed by atoms with Crippen LogP contribution in [0.25, 0.3) is 5.57 Å². The molecule has 1 heterocycles. The first-order valence-corrected chi connectivity index (χ1v) is 11.5. The van der Waals surface area contributed by atoms with Gasteiger partial charge in [0, 0.05) is 35.6 Å². The summed E-state index contributed by atoms with van der Waals surface area (Å²) in [6, 6.07) is 6.31. The van der Waals surface area contributed by atoms with Crippen molar-refractivity contribution in [3.63, 3.8) is 0 Å². The van der Waals surface area contributed by atoms with E-state index in [0.717, 1.165) is 37.1 Å². The summed E-state index contributed by atoms with van der Waals surface area (Å²) in [5, 5.41) is 18.3. The lowest BCUT2D eigenvalue weighted by Gasteiger charge is -2.49. The zero-order valence-electron chi connectivity index (χ0n) is 20.1. The number of amidine groups is 1. The van der Waals surface area contributed by atoms with Gasteiger partial charge in [-0.15, -0.1) is 0 Å². The lowest BCUT2D eigenvalue weighted by Crippen LogP contribution is -2.62. The molecule has 5 heteroatoms. The topological polar surface area (TPSA) is 73.9 Å². The van der Waals surface area contributed by atoms with Crippen LogP contribution < -0.4 is 11.2 Å². The minimum atomic E-state index is 0.0491. The van der Waals surface area contributed by atoms with E-state index in [0.29, 0.717) is 11.8 Å². The lowest BCUT2D eigenvalue weighted by molar-refractivity contribution is 0.114. The predicted octanol–water partition coefficient (Wildman–Crippen LogP) is 5.13. The van der Waals surface area contributed by atoms with Crippen molar-refractivity contribution in [2.24, 2.45) is 10.9 Å². The van der Waals surface area contributed by atoms with E-state index in [2.05, 4.69) is 75.2 Å². The van der Waals surface area contributed by atoms with Crippen LogP contribution in [0, 0.1) is 0 Å². The summed E-state index contributed by atoms with van der Waals surface area (Å²) >= 11 is 0. The number of phenolic OH excluding ortho intramolecular Hbond substituents is 1. The number of rotatable bonds is 5. The van der Waals surface area contributed by atoms with Gasteiger partial charge in [0.15, 0.2) is 0 Å². The maximum atomic E-state index is 10.5. The molecule has 31 heavy (non-hydrogen) atoms. The van der Waals surface area contributed by atoms with Gasteiger partial charge in [0.05, 0.1) is 0 Å². The number of likely N-dealkylation sites (N-methyl/N-ethyl adjacent to an activating group) is 1. The quantitative estimate of drug-likeness (QED) is 0.265. The molecule has 0 spiro atoms. The lowest BCUT2D eigenvalue weighted by atomic mass is 9.79. The first-order chi connectivity index (χ1) is 14.5. The van der Waals surface area contributed by atoms with Crippen molar-refractivity contribution < 1.29 is 5.11 Å². The highest BCUT2D eigenvalue weighted by molar-refractivity contribution is 5.93. The number of nitrogens with one attached hydrogen (secondary N) is 1. The summed E-state index contributed by atoms with van der Waals surface area (Å²) in [5.74, 6) is 6.95. The molecule has 4 N–H and O–H groups in total. The van der Waals surface area contributed by atoms with E-state index >= 15 is 0 Å². The summed E-state index contributed by atoms with van der Waals surface area (Å²) < 4.78 is 0. The molecule has 170 valence electrons. The number of hydrogen-bond acceptors (Lipinski definition) is 4. The predicted molar refractivity (Wildman–Crippen MR) is 131 cm³/mol. The second-order valence-electron chi connectivity index (χ2n) is 10.6. The van der Waals surface area contributed by atoms with Gasteiger partial charge >= 0.3 is 0 Å². The van der Waals surface area contributed by atoms with Gasteiger partial charge in [0.2, 0.25) is 0 Å². The van der Waals surface area contributed by atoms with Crippen LogP contribution in [0.1, 0.15) is 83.8 Å². The van der Waals surface area contributed by atoms with Crippen molar-refractivity contribution in [2.75, 3.05) is 7.05 Å². The van der Waals surface area contributed by atoms with E-state index in [1.165, 1.54) is 17.6 Å². The summed E-state index contributed by atoms with van der Waals surface area (Å²) in [6.07, 6.45) is 11.9. The number of piperidine rings is 1. The van der Waals surface area contributed by atoms with Crippen molar-refractivity contribution in [3.05, 3.63) is 47.6 Å². The normalized spacial score (nSPS) is 22.5. The van der Waals surface area contributed by atoms with Gasteiger partial charge < -0.3 is 21.2 Å². The first-order valence-electron chi connectivity index (χ1n) is 11.5. The number of hydrogen-bond donors (Lipinski definition) is 3. The molecule has 2 aliphatic rings. The fourth-order valence-corrected chi connectivity index (χ4v) is 5.37. The fourth-order valence-electron chi connectivity index (χ4n) is 5.37. The van der Waals surface area contributed by atoms with Crippen LogP contribution in [0.2, 0.25) is 0 Å². The molecule has 0 amide bonds. The van der Waals surface area contributed by atoms with Gasteiger partial charge in [0.1, 0.15) is 11.6 Å². The average Bonchev–Trinajstić information content (AvgIpc) is 3.20. The molecular weight excluding hydrogens is 384 g/mol. The maximum Gasteiger partial charge on any atom is 0.147 e. The van der Waals surface area contributed by atoms with Gasteiger partial charge in [-0.05, 0) is 89.1 Å². The Labute approximate surface area is 188 Å². The Balaban J connectivity index is 1.76. The molecule has 0 radical (unpaired) electrons. The molecule has 5 nitrogen and oxygen atoms in total. The number of hydrazone groups is 1. The molecule has 0 aromatic heterocycles. The Bertz CT molecular complexity index is 865. The zero-order chi connectivity index (χ0) is 22.8. The standard InChI is InChI=1S/C26H40N4O/c1-18(22-15-20(12-13-23(22)31)19-9-7-8-10-19)11-14-24(28-27)30(6)21-16-25(2,3)29-26(4,5)17-21/h9,11-15,18,21,29,31H,7-8,10,16-17,27H2,1-6H3/b14-11-,28-24+. The van der Waals surface area contributed by atoms with Crippen LogP contribution in [-0.4, -0.2) is 40.0 Å². The Hall–Kier alpha value is -2.27. The van der Waals surface area contributed by atoms with Crippen LogP contribution in [0.4, 0.5) is 0 Å². The maximum absolute atomic E-state index is 10.5. The number of benzene rings is 1. The van der Waals surface area contributed by atoms with Crippen LogP contribution in [0.15, 0.2) is 41.5 Å². The van der Waals surface area contributed by atoms with Gasteiger partial charge in [-0.3, -0.25) is 0 Å². The molecule has 1 saturated heterocycles. The second-order valence-corrected chi connectivity index (χ2v) is 10.6. The molecule has 1 aliphatic carbocycles. The molecule has 1 unspecified atom stereocenters. The van der Waals surface area contributed by atoms with Crippen molar-refractivity contribution in [1.29, 1.82) is 0 Å². The first kappa shape index (κ1) is 23.4. The number of nitrogens with zero attached hydrogens (tertiary/aromatic N) is 2.